The number of hydrogen-bond acceptors (Lipinski definition) is 4. The van der Waals surface area contributed by atoms with Crippen molar-refractivity contribution in [3.8, 4) is 0 Å². The Kier molecular flexibility index (Phi) is 6.44. The van der Waals surface area contributed by atoms with E-state index in [9.17, 15) is 9.59 Å². The van der Waals surface area contributed by atoms with Gasteiger partial charge in [0.15, 0.2) is 5.78 Å². The molecule has 0 spiro atoms. The first kappa shape index (κ1) is 18.9. The van der Waals surface area contributed by atoms with E-state index in [0.717, 1.165) is 30.0 Å². The first-order valence-electron chi connectivity index (χ1n) is 9.20. The van der Waals surface area contributed by atoms with E-state index in [1.807, 2.05) is 55.5 Å². The Morgan fingerprint density at radius 3 is 2.48 bits per heavy atom. The summed E-state index contributed by atoms with van der Waals surface area (Å²) in [6.07, 6.45) is 0.265. The lowest BCUT2D eigenvalue weighted by Crippen LogP contribution is -2.37. The van der Waals surface area contributed by atoms with Crippen molar-refractivity contribution in [1.29, 1.82) is 0 Å². The van der Waals surface area contributed by atoms with Crippen LogP contribution in [0.5, 0.6) is 0 Å². The van der Waals surface area contributed by atoms with Crippen LogP contribution in [0.1, 0.15) is 22.3 Å². The number of ketones is 1. The highest BCUT2D eigenvalue weighted by Gasteiger charge is 2.15. The average Bonchev–Trinajstić information content (AvgIpc) is 2.69. The molecule has 2 aromatic rings. The summed E-state index contributed by atoms with van der Waals surface area (Å²) in [4.78, 5) is 26.6. The second kappa shape index (κ2) is 9.19. The molecule has 0 aliphatic carbocycles. The number of urea groups is 1. The number of Topliss-reactive ketones (excluding diaryl/α,β-unsaturated/α-hetero) is 1. The van der Waals surface area contributed by atoms with Crippen LogP contribution in [-0.2, 0) is 4.74 Å². The molecule has 1 aliphatic heterocycles. The fraction of sp³-hybridized carbons (Fsp3) is 0.333. The Labute approximate surface area is 159 Å². The van der Waals surface area contributed by atoms with Crippen LogP contribution in [0.15, 0.2) is 48.5 Å². The first-order valence-corrected chi connectivity index (χ1v) is 9.20. The van der Waals surface area contributed by atoms with Gasteiger partial charge >= 0.3 is 6.03 Å². The normalized spacial score (nSPS) is 13.9. The van der Waals surface area contributed by atoms with Gasteiger partial charge in [-0.3, -0.25) is 4.79 Å². The monoisotopic (exact) mass is 367 g/mol. The van der Waals surface area contributed by atoms with Gasteiger partial charge in [0.2, 0.25) is 0 Å². The lowest BCUT2D eigenvalue weighted by atomic mass is 10.1. The second-order valence-corrected chi connectivity index (χ2v) is 6.54. The lowest BCUT2D eigenvalue weighted by Gasteiger charge is -2.30. The molecular weight excluding hydrogens is 342 g/mol. The molecule has 0 atom stereocenters. The molecule has 0 bridgehead atoms. The maximum atomic E-state index is 12.2. The van der Waals surface area contributed by atoms with Crippen molar-refractivity contribution in [2.24, 2.45) is 0 Å². The van der Waals surface area contributed by atoms with E-state index < -0.39 is 0 Å². The van der Waals surface area contributed by atoms with Crippen LogP contribution in [0.3, 0.4) is 0 Å². The SMILES string of the molecule is Cc1ccc(C(=O)CCNC(=O)Nc2ccccc2N2CCOCC2)cc1. The van der Waals surface area contributed by atoms with Gasteiger partial charge in [0, 0.05) is 31.6 Å². The molecule has 27 heavy (non-hydrogen) atoms. The fourth-order valence-corrected chi connectivity index (χ4v) is 3.00. The van der Waals surface area contributed by atoms with Crippen LogP contribution < -0.4 is 15.5 Å². The van der Waals surface area contributed by atoms with E-state index in [1.54, 1.807) is 0 Å². The highest BCUT2D eigenvalue weighted by atomic mass is 16.5. The number of nitrogens with zero attached hydrogens (tertiary/aromatic N) is 1. The third kappa shape index (κ3) is 5.31. The van der Waals surface area contributed by atoms with Crippen molar-refractivity contribution in [3.05, 3.63) is 59.7 Å². The molecule has 2 N–H and O–H groups in total. The van der Waals surface area contributed by atoms with Crippen molar-refractivity contribution < 1.29 is 14.3 Å². The molecule has 0 aromatic heterocycles. The Morgan fingerprint density at radius 2 is 1.74 bits per heavy atom. The molecular formula is C21H25N3O3. The zero-order valence-corrected chi connectivity index (χ0v) is 15.5. The number of aryl methyl sites for hydroxylation is 1. The van der Waals surface area contributed by atoms with Crippen molar-refractivity contribution in [2.45, 2.75) is 13.3 Å². The van der Waals surface area contributed by atoms with Crippen LogP contribution in [0.25, 0.3) is 0 Å². The summed E-state index contributed by atoms with van der Waals surface area (Å²) in [5.41, 5.74) is 3.51. The minimum atomic E-state index is -0.313. The topological polar surface area (TPSA) is 70.7 Å². The summed E-state index contributed by atoms with van der Waals surface area (Å²) < 4.78 is 5.39. The zero-order valence-electron chi connectivity index (χ0n) is 15.5. The van der Waals surface area contributed by atoms with Crippen LogP contribution in [0.4, 0.5) is 16.2 Å². The zero-order chi connectivity index (χ0) is 19.1. The van der Waals surface area contributed by atoms with Gasteiger partial charge in [-0.25, -0.2) is 4.79 Å². The average molecular weight is 367 g/mol. The van der Waals surface area contributed by atoms with Gasteiger partial charge in [0.1, 0.15) is 0 Å². The summed E-state index contributed by atoms with van der Waals surface area (Å²) >= 11 is 0. The largest absolute Gasteiger partial charge is 0.378 e. The highest BCUT2D eigenvalue weighted by molar-refractivity contribution is 5.97. The molecule has 0 unspecified atom stereocenters. The summed E-state index contributed by atoms with van der Waals surface area (Å²) in [6, 6.07) is 14.9. The molecule has 1 heterocycles. The smallest absolute Gasteiger partial charge is 0.319 e. The van der Waals surface area contributed by atoms with Gasteiger partial charge in [0.25, 0.3) is 0 Å². The summed E-state index contributed by atoms with van der Waals surface area (Å²) in [7, 11) is 0. The highest BCUT2D eigenvalue weighted by Crippen LogP contribution is 2.26. The van der Waals surface area contributed by atoms with Gasteiger partial charge in [-0.05, 0) is 19.1 Å². The number of ether oxygens (including phenoxy) is 1. The summed E-state index contributed by atoms with van der Waals surface area (Å²) in [6.45, 7) is 5.23. The number of amides is 2. The Bertz CT molecular complexity index is 784. The van der Waals surface area contributed by atoms with E-state index in [0.29, 0.717) is 18.8 Å². The minimum absolute atomic E-state index is 0.0176. The molecule has 1 saturated heterocycles. The first-order chi connectivity index (χ1) is 13.1. The second-order valence-electron chi connectivity index (χ2n) is 6.54. The number of morpholine rings is 1. The number of anilines is 2. The molecule has 0 radical (unpaired) electrons. The van der Waals surface area contributed by atoms with E-state index >= 15 is 0 Å². The number of rotatable bonds is 6. The lowest BCUT2D eigenvalue weighted by molar-refractivity contribution is 0.0983. The number of benzene rings is 2. The van der Waals surface area contributed by atoms with Crippen molar-refractivity contribution in [2.75, 3.05) is 43.1 Å². The molecule has 1 fully saturated rings. The number of carbonyl (C=O) groups excluding carboxylic acids is 2. The van der Waals surface area contributed by atoms with Crippen molar-refractivity contribution in [1.82, 2.24) is 5.32 Å². The quantitative estimate of drug-likeness (QED) is 0.769. The maximum Gasteiger partial charge on any atom is 0.319 e. The van der Waals surface area contributed by atoms with E-state index in [4.69, 9.17) is 4.74 Å². The van der Waals surface area contributed by atoms with Crippen LogP contribution in [0, 0.1) is 6.92 Å². The van der Waals surface area contributed by atoms with Gasteiger partial charge in [-0.1, -0.05) is 42.0 Å². The summed E-state index contributed by atoms with van der Waals surface area (Å²) in [5.74, 6) is 0.0176. The van der Waals surface area contributed by atoms with Gasteiger partial charge in [-0.2, -0.15) is 0 Å². The van der Waals surface area contributed by atoms with Gasteiger partial charge < -0.3 is 20.3 Å². The number of para-hydroxylation sites is 2. The van der Waals surface area contributed by atoms with E-state index in [-0.39, 0.29) is 24.8 Å². The third-order valence-electron chi connectivity index (χ3n) is 4.52. The molecule has 1 aliphatic rings. The number of nitrogens with one attached hydrogen (secondary N) is 2. The third-order valence-corrected chi connectivity index (χ3v) is 4.52. The predicted octanol–water partition coefficient (Wildman–Crippen LogP) is 3.23. The van der Waals surface area contributed by atoms with Crippen LogP contribution in [-0.4, -0.2) is 44.7 Å². The fourth-order valence-electron chi connectivity index (χ4n) is 3.00. The summed E-state index contributed by atoms with van der Waals surface area (Å²) in [5, 5.41) is 5.64. The standard InChI is InChI=1S/C21H25N3O3/c1-16-6-8-17(9-7-16)20(25)10-11-22-21(26)23-18-4-2-3-5-19(18)24-12-14-27-15-13-24/h2-9H,10-15H2,1H3,(H2,22,23,26). The Balaban J connectivity index is 1.51. The van der Waals surface area contributed by atoms with Crippen LogP contribution >= 0.6 is 0 Å². The molecule has 0 saturated carbocycles. The molecule has 2 aromatic carbocycles. The van der Waals surface area contributed by atoms with Gasteiger partial charge in [-0.15, -0.1) is 0 Å². The molecule has 6 heteroatoms. The van der Waals surface area contributed by atoms with E-state index in [2.05, 4.69) is 15.5 Å². The van der Waals surface area contributed by atoms with Crippen molar-refractivity contribution >= 4 is 23.2 Å². The Hall–Kier alpha value is -2.86. The minimum Gasteiger partial charge on any atom is -0.378 e. The van der Waals surface area contributed by atoms with Gasteiger partial charge in [0.05, 0.1) is 24.6 Å². The molecule has 2 amide bonds. The molecule has 3 rings (SSSR count). The van der Waals surface area contributed by atoms with Crippen molar-refractivity contribution in [3.63, 3.8) is 0 Å². The molecule has 142 valence electrons. The van der Waals surface area contributed by atoms with E-state index in [1.165, 1.54) is 0 Å². The maximum absolute atomic E-state index is 12.2. The molecule has 6 nitrogen and oxygen atoms in total. The predicted molar refractivity (Wildman–Crippen MR) is 107 cm³/mol. The number of hydrogen-bond donors (Lipinski definition) is 2. The van der Waals surface area contributed by atoms with Crippen LogP contribution in [0.2, 0.25) is 0 Å². The number of carbonyl (C=O) groups is 2. The Morgan fingerprint density at radius 1 is 1.04 bits per heavy atom.